The normalized spacial score (nSPS) is 10.0. The molecule has 2 rings (SSSR count). The van der Waals surface area contributed by atoms with Crippen LogP contribution in [0.1, 0.15) is 0 Å². The number of hydrogen-bond acceptors (Lipinski definition) is 1. The Morgan fingerprint density at radius 2 is 1.87 bits per heavy atom. The fourth-order valence-electron chi connectivity index (χ4n) is 1.37. The van der Waals surface area contributed by atoms with Gasteiger partial charge >= 0.3 is 0 Å². The summed E-state index contributed by atoms with van der Waals surface area (Å²) in [6.07, 6.45) is 0. The summed E-state index contributed by atoms with van der Waals surface area (Å²) >= 11 is 3.41. The SMILES string of the molecule is COc1cc[c]c(-c2ccc(Br)cc2)c1. The van der Waals surface area contributed by atoms with Crippen LogP contribution >= 0.6 is 15.9 Å². The molecule has 0 fully saturated rings. The molecular formula is C13H10BrO. The number of hydrogen-bond donors (Lipinski definition) is 0. The van der Waals surface area contributed by atoms with E-state index in [4.69, 9.17) is 4.74 Å². The van der Waals surface area contributed by atoms with Gasteiger partial charge in [0, 0.05) is 4.47 Å². The minimum absolute atomic E-state index is 0.853. The van der Waals surface area contributed by atoms with Gasteiger partial charge in [-0.2, -0.15) is 0 Å². The van der Waals surface area contributed by atoms with Crippen molar-refractivity contribution in [3.8, 4) is 16.9 Å². The molecule has 2 aromatic rings. The van der Waals surface area contributed by atoms with Gasteiger partial charge < -0.3 is 4.74 Å². The lowest BCUT2D eigenvalue weighted by Gasteiger charge is -2.04. The molecule has 0 aliphatic rings. The summed E-state index contributed by atoms with van der Waals surface area (Å²) in [6, 6.07) is 17.1. The van der Waals surface area contributed by atoms with Crippen LogP contribution in [0.5, 0.6) is 5.75 Å². The van der Waals surface area contributed by atoms with Crippen LogP contribution in [0.2, 0.25) is 0 Å². The van der Waals surface area contributed by atoms with E-state index in [1.807, 2.05) is 30.3 Å². The highest BCUT2D eigenvalue weighted by atomic mass is 79.9. The Morgan fingerprint density at radius 1 is 1.13 bits per heavy atom. The fraction of sp³-hybridized carbons (Fsp3) is 0.0769. The van der Waals surface area contributed by atoms with Gasteiger partial charge in [-0.1, -0.05) is 34.1 Å². The first-order valence-electron chi connectivity index (χ1n) is 4.61. The van der Waals surface area contributed by atoms with Crippen molar-refractivity contribution in [1.29, 1.82) is 0 Å². The smallest absolute Gasteiger partial charge is 0.119 e. The van der Waals surface area contributed by atoms with E-state index in [1.54, 1.807) is 7.11 Å². The van der Waals surface area contributed by atoms with Crippen LogP contribution in [0.3, 0.4) is 0 Å². The van der Waals surface area contributed by atoms with E-state index in [-0.39, 0.29) is 0 Å². The van der Waals surface area contributed by atoms with Crippen LogP contribution in [0.4, 0.5) is 0 Å². The van der Waals surface area contributed by atoms with Crippen molar-refractivity contribution in [2.45, 2.75) is 0 Å². The van der Waals surface area contributed by atoms with Crippen molar-refractivity contribution in [3.05, 3.63) is 53.0 Å². The zero-order valence-electron chi connectivity index (χ0n) is 8.33. The fourth-order valence-corrected chi connectivity index (χ4v) is 1.63. The molecule has 0 heterocycles. The van der Waals surface area contributed by atoms with E-state index >= 15 is 0 Å². The summed E-state index contributed by atoms with van der Waals surface area (Å²) in [7, 11) is 1.67. The summed E-state index contributed by atoms with van der Waals surface area (Å²) in [5.74, 6) is 0.853. The van der Waals surface area contributed by atoms with Gasteiger partial charge in [0.05, 0.1) is 7.11 Å². The van der Waals surface area contributed by atoms with E-state index in [0.29, 0.717) is 0 Å². The summed E-state index contributed by atoms with van der Waals surface area (Å²) in [5, 5.41) is 0. The molecule has 1 radical (unpaired) electrons. The van der Waals surface area contributed by atoms with Crippen molar-refractivity contribution >= 4 is 15.9 Å². The molecule has 0 spiro atoms. The minimum atomic E-state index is 0.853. The van der Waals surface area contributed by atoms with Crippen molar-refractivity contribution in [2.24, 2.45) is 0 Å². The highest BCUT2D eigenvalue weighted by Crippen LogP contribution is 2.24. The lowest BCUT2D eigenvalue weighted by Crippen LogP contribution is -1.83. The van der Waals surface area contributed by atoms with Crippen molar-refractivity contribution in [1.82, 2.24) is 0 Å². The third kappa shape index (κ3) is 2.39. The predicted octanol–water partition coefficient (Wildman–Crippen LogP) is 3.92. The molecule has 0 aromatic heterocycles. The van der Waals surface area contributed by atoms with E-state index < -0.39 is 0 Å². The summed E-state index contributed by atoms with van der Waals surface area (Å²) in [4.78, 5) is 0. The average molecular weight is 262 g/mol. The minimum Gasteiger partial charge on any atom is -0.497 e. The molecule has 0 atom stereocenters. The van der Waals surface area contributed by atoms with Crippen molar-refractivity contribution in [3.63, 3.8) is 0 Å². The van der Waals surface area contributed by atoms with Gasteiger partial charge in [0.25, 0.3) is 0 Å². The second kappa shape index (κ2) is 4.49. The standard InChI is InChI=1S/C13H10BrO/c1-15-13-4-2-3-11(9-13)10-5-7-12(14)8-6-10/h2,4-9H,1H3. The van der Waals surface area contributed by atoms with E-state index in [1.165, 1.54) is 0 Å². The third-order valence-electron chi connectivity index (χ3n) is 2.16. The Balaban J connectivity index is 2.40. The number of ether oxygens (including phenoxy) is 1. The lowest BCUT2D eigenvalue weighted by molar-refractivity contribution is 0.415. The maximum Gasteiger partial charge on any atom is 0.119 e. The van der Waals surface area contributed by atoms with Crippen LogP contribution in [-0.4, -0.2) is 7.11 Å². The summed E-state index contributed by atoms with van der Waals surface area (Å²) in [6.45, 7) is 0. The van der Waals surface area contributed by atoms with Gasteiger partial charge in [-0.15, -0.1) is 0 Å². The molecular weight excluding hydrogens is 252 g/mol. The highest BCUT2D eigenvalue weighted by Gasteiger charge is 1.99. The zero-order chi connectivity index (χ0) is 10.7. The van der Waals surface area contributed by atoms with Gasteiger partial charge in [0.1, 0.15) is 5.75 Å². The monoisotopic (exact) mass is 261 g/mol. The number of halogens is 1. The molecule has 2 heteroatoms. The second-order valence-corrected chi connectivity index (χ2v) is 4.06. The van der Waals surface area contributed by atoms with Gasteiger partial charge in [-0.25, -0.2) is 0 Å². The quantitative estimate of drug-likeness (QED) is 0.796. The summed E-state index contributed by atoms with van der Waals surface area (Å²) < 4.78 is 6.25. The number of benzene rings is 2. The molecule has 1 nitrogen and oxygen atoms in total. The molecule has 0 aliphatic heterocycles. The Labute approximate surface area is 97.8 Å². The Kier molecular flexibility index (Phi) is 3.07. The Hall–Kier alpha value is -1.28. The Morgan fingerprint density at radius 3 is 2.53 bits per heavy atom. The van der Waals surface area contributed by atoms with E-state index in [0.717, 1.165) is 21.3 Å². The molecule has 2 aromatic carbocycles. The van der Waals surface area contributed by atoms with Crippen LogP contribution in [-0.2, 0) is 0 Å². The maximum absolute atomic E-state index is 5.17. The molecule has 0 amide bonds. The molecule has 0 unspecified atom stereocenters. The topological polar surface area (TPSA) is 9.23 Å². The molecule has 75 valence electrons. The van der Waals surface area contributed by atoms with Crippen LogP contribution in [0, 0.1) is 6.07 Å². The van der Waals surface area contributed by atoms with Crippen molar-refractivity contribution in [2.75, 3.05) is 7.11 Å². The van der Waals surface area contributed by atoms with Crippen LogP contribution in [0.15, 0.2) is 46.9 Å². The Bertz CT molecular complexity index is 448. The molecule has 0 saturated heterocycles. The van der Waals surface area contributed by atoms with E-state index in [2.05, 4.69) is 34.1 Å². The van der Waals surface area contributed by atoms with Crippen LogP contribution in [0.25, 0.3) is 11.1 Å². The molecule has 0 saturated carbocycles. The molecule has 0 bridgehead atoms. The lowest BCUT2D eigenvalue weighted by atomic mass is 10.1. The number of methoxy groups -OCH3 is 1. The summed E-state index contributed by atoms with van der Waals surface area (Å²) in [5.41, 5.74) is 2.18. The first-order chi connectivity index (χ1) is 7.29. The highest BCUT2D eigenvalue weighted by molar-refractivity contribution is 9.10. The van der Waals surface area contributed by atoms with Gasteiger partial charge in [0.2, 0.25) is 0 Å². The molecule has 15 heavy (non-hydrogen) atoms. The molecule has 0 N–H and O–H groups in total. The van der Waals surface area contributed by atoms with Crippen LogP contribution < -0.4 is 4.74 Å². The average Bonchev–Trinajstić information content (AvgIpc) is 2.30. The maximum atomic E-state index is 5.17. The van der Waals surface area contributed by atoms with Gasteiger partial charge in [-0.3, -0.25) is 0 Å². The van der Waals surface area contributed by atoms with E-state index in [9.17, 15) is 0 Å². The first kappa shape index (κ1) is 10.2. The first-order valence-corrected chi connectivity index (χ1v) is 5.40. The third-order valence-corrected chi connectivity index (χ3v) is 2.69. The van der Waals surface area contributed by atoms with Gasteiger partial charge in [0.15, 0.2) is 0 Å². The predicted molar refractivity (Wildman–Crippen MR) is 65.0 cm³/mol. The zero-order valence-corrected chi connectivity index (χ0v) is 9.91. The van der Waals surface area contributed by atoms with Crippen molar-refractivity contribution < 1.29 is 4.74 Å². The molecule has 0 aliphatic carbocycles. The number of rotatable bonds is 2. The van der Waals surface area contributed by atoms with Gasteiger partial charge in [-0.05, 0) is 41.5 Å². The second-order valence-electron chi connectivity index (χ2n) is 3.15. The largest absolute Gasteiger partial charge is 0.497 e.